The van der Waals surface area contributed by atoms with Gasteiger partial charge in [-0.25, -0.2) is 4.39 Å². The normalized spacial score (nSPS) is 11.2. The van der Waals surface area contributed by atoms with Crippen LogP contribution in [0.25, 0.3) is 0 Å². The lowest BCUT2D eigenvalue weighted by atomic mass is 9.83. The quantitative estimate of drug-likeness (QED) is 0.719. The predicted molar refractivity (Wildman–Crippen MR) is 61.1 cm³/mol. The van der Waals surface area contributed by atoms with E-state index in [9.17, 15) is 9.18 Å². The van der Waals surface area contributed by atoms with Crippen molar-refractivity contribution in [1.29, 1.82) is 0 Å². The molecule has 1 aromatic carbocycles. The summed E-state index contributed by atoms with van der Waals surface area (Å²) in [4.78, 5) is 10.5. The predicted octanol–water partition coefficient (Wildman–Crippen LogP) is 2.99. The van der Waals surface area contributed by atoms with E-state index in [1.54, 1.807) is 6.07 Å². The average Bonchev–Trinajstić information content (AvgIpc) is 2.17. The van der Waals surface area contributed by atoms with Gasteiger partial charge in [0.2, 0.25) is 0 Å². The number of ether oxygens (including phenoxy) is 1. The van der Waals surface area contributed by atoms with E-state index < -0.39 is 0 Å². The fraction of sp³-hybridized carbons (Fsp3) is 0.462. The number of benzene rings is 1. The van der Waals surface area contributed by atoms with Gasteiger partial charge in [0.05, 0.1) is 7.11 Å². The Hall–Kier alpha value is -1.38. The van der Waals surface area contributed by atoms with Crippen molar-refractivity contribution in [2.24, 2.45) is 5.41 Å². The van der Waals surface area contributed by atoms with Gasteiger partial charge in [-0.15, -0.1) is 0 Å². The lowest BCUT2D eigenvalue weighted by Crippen LogP contribution is -2.15. The summed E-state index contributed by atoms with van der Waals surface area (Å²) in [5.74, 6) is -0.112. The molecule has 0 bridgehead atoms. The Bertz CT molecular complexity index is 372. The number of carbonyl (C=O) groups is 1. The molecule has 0 spiro atoms. The Balaban J connectivity index is 2.82. The van der Waals surface area contributed by atoms with Crippen LogP contribution in [0.15, 0.2) is 18.2 Å². The molecule has 0 fully saturated rings. The zero-order chi connectivity index (χ0) is 12.2. The third kappa shape index (κ3) is 3.33. The molecule has 0 aromatic heterocycles. The summed E-state index contributed by atoms with van der Waals surface area (Å²) in [7, 11) is 1.44. The second-order valence-electron chi connectivity index (χ2n) is 4.68. The Kier molecular flexibility index (Phi) is 4.05. The van der Waals surface area contributed by atoms with Crippen LogP contribution in [0.1, 0.15) is 25.8 Å². The molecule has 0 amide bonds. The summed E-state index contributed by atoms with van der Waals surface area (Å²) >= 11 is 0. The SMILES string of the molecule is COc1ccc(CC(C)(C)CC=O)cc1F. The van der Waals surface area contributed by atoms with Crippen molar-refractivity contribution in [3.63, 3.8) is 0 Å². The Morgan fingerprint density at radius 2 is 2.12 bits per heavy atom. The number of aldehydes is 1. The first kappa shape index (κ1) is 12.7. The van der Waals surface area contributed by atoms with Crippen LogP contribution in [0.3, 0.4) is 0 Å². The minimum Gasteiger partial charge on any atom is -0.494 e. The molecule has 1 aromatic rings. The first-order valence-corrected chi connectivity index (χ1v) is 5.24. The van der Waals surface area contributed by atoms with Crippen LogP contribution in [0.5, 0.6) is 5.75 Å². The number of hydrogen-bond acceptors (Lipinski definition) is 2. The molecule has 1 rings (SSSR count). The molecule has 0 N–H and O–H groups in total. The van der Waals surface area contributed by atoms with Gasteiger partial charge in [-0.3, -0.25) is 0 Å². The monoisotopic (exact) mass is 224 g/mol. The first-order chi connectivity index (χ1) is 7.48. The van der Waals surface area contributed by atoms with Crippen molar-refractivity contribution >= 4 is 6.29 Å². The van der Waals surface area contributed by atoms with Gasteiger partial charge in [0.25, 0.3) is 0 Å². The Labute approximate surface area is 95.4 Å². The Morgan fingerprint density at radius 1 is 1.44 bits per heavy atom. The van der Waals surface area contributed by atoms with Crippen molar-refractivity contribution in [3.05, 3.63) is 29.6 Å². The lowest BCUT2D eigenvalue weighted by Gasteiger charge is -2.21. The van der Waals surface area contributed by atoms with Gasteiger partial charge in [0.15, 0.2) is 11.6 Å². The average molecular weight is 224 g/mol. The van der Waals surface area contributed by atoms with E-state index in [0.717, 1.165) is 11.8 Å². The van der Waals surface area contributed by atoms with E-state index in [1.807, 2.05) is 19.9 Å². The number of carbonyl (C=O) groups excluding carboxylic acids is 1. The second kappa shape index (κ2) is 5.10. The first-order valence-electron chi connectivity index (χ1n) is 5.24. The summed E-state index contributed by atoms with van der Waals surface area (Å²) < 4.78 is 18.3. The van der Waals surface area contributed by atoms with Crippen molar-refractivity contribution in [3.8, 4) is 5.75 Å². The van der Waals surface area contributed by atoms with Crippen LogP contribution >= 0.6 is 0 Å². The number of hydrogen-bond donors (Lipinski definition) is 0. The number of methoxy groups -OCH3 is 1. The summed E-state index contributed by atoms with van der Waals surface area (Å²) in [5.41, 5.74) is 0.744. The highest BCUT2D eigenvalue weighted by atomic mass is 19.1. The summed E-state index contributed by atoms with van der Waals surface area (Å²) in [6.07, 6.45) is 2.05. The summed E-state index contributed by atoms with van der Waals surface area (Å²) in [6.45, 7) is 3.98. The van der Waals surface area contributed by atoms with Crippen molar-refractivity contribution in [2.45, 2.75) is 26.7 Å². The third-order valence-corrected chi connectivity index (χ3v) is 2.53. The molecule has 0 saturated heterocycles. The third-order valence-electron chi connectivity index (χ3n) is 2.53. The molecule has 0 heterocycles. The molecule has 88 valence electrons. The smallest absolute Gasteiger partial charge is 0.165 e. The van der Waals surface area contributed by atoms with Crippen molar-refractivity contribution in [2.75, 3.05) is 7.11 Å². The molecule has 0 aliphatic heterocycles. The molecular formula is C13H17FO2. The molecule has 3 heteroatoms. The number of rotatable bonds is 5. The fourth-order valence-corrected chi connectivity index (χ4v) is 1.67. The zero-order valence-electron chi connectivity index (χ0n) is 9.92. The van der Waals surface area contributed by atoms with E-state index in [-0.39, 0.29) is 17.0 Å². The highest BCUT2D eigenvalue weighted by molar-refractivity contribution is 5.50. The Morgan fingerprint density at radius 3 is 2.62 bits per heavy atom. The van der Waals surface area contributed by atoms with Crippen LogP contribution in [0.2, 0.25) is 0 Å². The van der Waals surface area contributed by atoms with Crippen LogP contribution < -0.4 is 4.74 Å². The van der Waals surface area contributed by atoms with Gasteiger partial charge in [-0.05, 0) is 29.5 Å². The minimum absolute atomic E-state index is 0.136. The molecule has 0 saturated carbocycles. The van der Waals surface area contributed by atoms with Gasteiger partial charge in [0, 0.05) is 6.42 Å². The van der Waals surface area contributed by atoms with Gasteiger partial charge in [-0.1, -0.05) is 19.9 Å². The van der Waals surface area contributed by atoms with E-state index >= 15 is 0 Å². The van der Waals surface area contributed by atoms with Crippen LogP contribution in [-0.4, -0.2) is 13.4 Å². The van der Waals surface area contributed by atoms with E-state index in [1.165, 1.54) is 13.2 Å². The topological polar surface area (TPSA) is 26.3 Å². The summed E-state index contributed by atoms with van der Waals surface area (Å²) in [5, 5.41) is 0. The molecule has 0 unspecified atom stereocenters. The largest absolute Gasteiger partial charge is 0.494 e. The molecular weight excluding hydrogens is 207 g/mol. The van der Waals surface area contributed by atoms with Gasteiger partial charge < -0.3 is 9.53 Å². The molecule has 2 nitrogen and oxygen atoms in total. The van der Waals surface area contributed by atoms with Crippen molar-refractivity contribution < 1.29 is 13.9 Å². The van der Waals surface area contributed by atoms with Crippen LogP contribution in [-0.2, 0) is 11.2 Å². The van der Waals surface area contributed by atoms with E-state index in [2.05, 4.69) is 0 Å². The highest BCUT2D eigenvalue weighted by Gasteiger charge is 2.18. The maximum atomic E-state index is 13.4. The zero-order valence-corrected chi connectivity index (χ0v) is 9.92. The molecule has 0 atom stereocenters. The van der Waals surface area contributed by atoms with Crippen LogP contribution in [0, 0.1) is 11.2 Å². The van der Waals surface area contributed by atoms with Gasteiger partial charge in [-0.2, -0.15) is 0 Å². The molecule has 0 aliphatic carbocycles. The van der Waals surface area contributed by atoms with Gasteiger partial charge in [0.1, 0.15) is 6.29 Å². The molecule has 0 aliphatic rings. The van der Waals surface area contributed by atoms with E-state index in [0.29, 0.717) is 12.8 Å². The standard InChI is InChI=1S/C13H17FO2/c1-13(2,6-7-15)9-10-4-5-12(16-3)11(14)8-10/h4-5,7-8H,6,9H2,1-3H3. The maximum absolute atomic E-state index is 13.4. The highest BCUT2D eigenvalue weighted by Crippen LogP contribution is 2.27. The minimum atomic E-state index is -0.359. The molecule has 0 radical (unpaired) electrons. The fourth-order valence-electron chi connectivity index (χ4n) is 1.67. The van der Waals surface area contributed by atoms with Gasteiger partial charge >= 0.3 is 0 Å². The molecule has 16 heavy (non-hydrogen) atoms. The van der Waals surface area contributed by atoms with Crippen LogP contribution in [0.4, 0.5) is 4.39 Å². The number of halogens is 1. The van der Waals surface area contributed by atoms with E-state index in [4.69, 9.17) is 4.74 Å². The second-order valence-corrected chi connectivity index (χ2v) is 4.68. The van der Waals surface area contributed by atoms with Crippen molar-refractivity contribution in [1.82, 2.24) is 0 Å². The lowest BCUT2D eigenvalue weighted by molar-refractivity contribution is -0.109. The maximum Gasteiger partial charge on any atom is 0.165 e. The summed E-state index contributed by atoms with van der Waals surface area (Å²) in [6, 6.07) is 4.90.